The highest BCUT2D eigenvalue weighted by Crippen LogP contribution is 2.30. The van der Waals surface area contributed by atoms with Crippen molar-refractivity contribution in [2.75, 3.05) is 19.6 Å². The number of urea groups is 2. The average Bonchev–Trinajstić information content (AvgIpc) is 2.73. The van der Waals surface area contributed by atoms with E-state index in [0.717, 1.165) is 12.8 Å². The Morgan fingerprint density at radius 2 is 2.05 bits per heavy atom. The van der Waals surface area contributed by atoms with E-state index in [1.807, 2.05) is 0 Å². The van der Waals surface area contributed by atoms with Crippen molar-refractivity contribution >= 4 is 18.0 Å². The van der Waals surface area contributed by atoms with Gasteiger partial charge >= 0.3 is 12.1 Å². The summed E-state index contributed by atoms with van der Waals surface area (Å²) in [6.07, 6.45) is 3.46. The molecule has 2 aliphatic heterocycles. The molecule has 0 aliphatic carbocycles. The number of hydrogen-bond acceptors (Lipinski definition) is 3. The SMILES string of the molecule is CCCCNC(=O)N1CCC([C@]2(C)NC(=O)NC2=O)CC1. The Bertz CT molecular complexity index is 432. The summed E-state index contributed by atoms with van der Waals surface area (Å²) in [5.74, 6) is -0.206. The molecule has 3 N–H and O–H groups in total. The number of amides is 5. The summed E-state index contributed by atoms with van der Waals surface area (Å²) < 4.78 is 0. The highest BCUT2D eigenvalue weighted by atomic mass is 16.2. The number of unbranched alkanes of at least 4 members (excludes halogenated alkanes) is 1. The molecule has 7 heteroatoms. The van der Waals surface area contributed by atoms with Crippen LogP contribution < -0.4 is 16.0 Å². The minimum absolute atomic E-state index is 0.0352. The predicted molar refractivity (Wildman–Crippen MR) is 77.7 cm³/mol. The summed E-state index contributed by atoms with van der Waals surface area (Å²) in [4.78, 5) is 37.0. The molecule has 2 aliphatic rings. The Morgan fingerprint density at radius 1 is 1.38 bits per heavy atom. The van der Waals surface area contributed by atoms with E-state index in [2.05, 4.69) is 22.9 Å². The van der Waals surface area contributed by atoms with Crippen LogP contribution in [0.1, 0.15) is 39.5 Å². The fraction of sp³-hybridized carbons (Fsp3) is 0.786. The second-order valence-electron chi connectivity index (χ2n) is 5.96. The number of rotatable bonds is 4. The van der Waals surface area contributed by atoms with E-state index in [1.54, 1.807) is 11.8 Å². The Balaban J connectivity index is 1.84. The van der Waals surface area contributed by atoms with E-state index in [0.29, 0.717) is 32.5 Å². The molecule has 1 atom stereocenters. The molecule has 0 aromatic heterocycles. The van der Waals surface area contributed by atoms with Gasteiger partial charge in [-0.1, -0.05) is 13.3 Å². The fourth-order valence-corrected chi connectivity index (χ4v) is 2.99. The van der Waals surface area contributed by atoms with Crippen LogP contribution in [0.5, 0.6) is 0 Å². The predicted octanol–water partition coefficient (Wildman–Crippen LogP) is 0.806. The van der Waals surface area contributed by atoms with Gasteiger partial charge in [0.2, 0.25) is 0 Å². The molecular formula is C14H24N4O3. The standard InChI is InChI=1S/C14H24N4O3/c1-3-4-7-15-13(21)18-8-5-10(6-9-18)14(2)11(19)16-12(20)17-14/h10H,3-9H2,1-2H3,(H,15,21)(H2,16,17,19,20)/t14-/m0/s1. The number of likely N-dealkylation sites (tertiary alicyclic amines) is 1. The molecule has 0 aromatic rings. The first kappa shape index (κ1) is 15.6. The van der Waals surface area contributed by atoms with Gasteiger partial charge in [-0.25, -0.2) is 9.59 Å². The highest BCUT2D eigenvalue weighted by Gasteiger charge is 2.48. The summed E-state index contributed by atoms with van der Waals surface area (Å²) in [6, 6.07) is -0.464. The van der Waals surface area contributed by atoms with Crippen molar-refractivity contribution in [3.05, 3.63) is 0 Å². The second kappa shape index (κ2) is 6.32. The van der Waals surface area contributed by atoms with Gasteiger partial charge in [-0.15, -0.1) is 0 Å². The molecule has 2 fully saturated rings. The Kier molecular flexibility index (Phi) is 4.69. The summed E-state index contributed by atoms with van der Waals surface area (Å²) in [6.45, 7) is 5.77. The number of carbonyl (C=O) groups excluding carboxylic acids is 3. The van der Waals surface area contributed by atoms with Crippen LogP contribution in [-0.2, 0) is 4.79 Å². The largest absolute Gasteiger partial charge is 0.338 e. The van der Waals surface area contributed by atoms with Crippen molar-refractivity contribution in [1.29, 1.82) is 0 Å². The average molecular weight is 296 g/mol. The first-order chi connectivity index (χ1) is 9.97. The smallest absolute Gasteiger partial charge is 0.322 e. The van der Waals surface area contributed by atoms with Crippen LogP contribution in [0.15, 0.2) is 0 Å². The lowest BCUT2D eigenvalue weighted by Crippen LogP contribution is -2.55. The zero-order valence-electron chi connectivity index (χ0n) is 12.7. The topological polar surface area (TPSA) is 90.5 Å². The van der Waals surface area contributed by atoms with Gasteiger partial charge in [0.05, 0.1) is 0 Å². The molecule has 2 heterocycles. The van der Waals surface area contributed by atoms with Crippen LogP contribution in [0.2, 0.25) is 0 Å². The maximum Gasteiger partial charge on any atom is 0.322 e. The Labute approximate surface area is 124 Å². The van der Waals surface area contributed by atoms with Crippen LogP contribution in [-0.4, -0.2) is 48.0 Å². The van der Waals surface area contributed by atoms with Gasteiger partial charge in [-0.05, 0) is 32.1 Å². The molecular weight excluding hydrogens is 272 g/mol. The lowest BCUT2D eigenvalue weighted by molar-refractivity contribution is -0.125. The maximum absolute atomic E-state index is 12.0. The fourth-order valence-electron chi connectivity index (χ4n) is 2.99. The van der Waals surface area contributed by atoms with E-state index >= 15 is 0 Å². The van der Waals surface area contributed by atoms with Crippen molar-refractivity contribution in [2.45, 2.75) is 45.1 Å². The lowest BCUT2D eigenvalue weighted by Gasteiger charge is -2.38. The first-order valence-electron chi connectivity index (χ1n) is 7.63. The van der Waals surface area contributed by atoms with Crippen LogP contribution in [0.3, 0.4) is 0 Å². The molecule has 0 radical (unpaired) electrons. The molecule has 5 amide bonds. The van der Waals surface area contributed by atoms with Crippen LogP contribution in [0.25, 0.3) is 0 Å². The van der Waals surface area contributed by atoms with Crippen LogP contribution in [0.4, 0.5) is 9.59 Å². The minimum Gasteiger partial charge on any atom is -0.338 e. The number of piperidine rings is 1. The van der Waals surface area contributed by atoms with Crippen molar-refractivity contribution in [2.24, 2.45) is 5.92 Å². The summed E-state index contributed by atoms with van der Waals surface area (Å²) in [5, 5.41) is 7.91. The first-order valence-corrected chi connectivity index (χ1v) is 7.63. The van der Waals surface area contributed by atoms with E-state index in [4.69, 9.17) is 0 Å². The molecule has 118 valence electrons. The van der Waals surface area contributed by atoms with E-state index in [9.17, 15) is 14.4 Å². The second-order valence-corrected chi connectivity index (χ2v) is 5.96. The van der Waals surface area contributed by atoms with E-state index in [1.165, 1.54) is 0 Å². The third-order valence-corrected chi connectivity index (χ3v) is 4.48. The number of nitrogens with zero attached hydrogens (tertiary/aromatic N) is 1. The molecule has 21 heavy (non-hydrogen) atoms. The summed E-state index contributed by atoms with van der Waals surface area (Å²) in [5.41, 5.74) is -0.845. The van der Waals surface area contributed by atoms with Crippen LogP contribution >= 0.6 is 0 Å². The highest BCUT2D eigenvalue weighted by molar-refractivity contribution is 6.06. The molecule has 0 bridgehead atoms. The third kappa shape index (κ3) is 3.28. The van der Waals surface area contributed by atoms with Gasteiger partial charge in [0, 0.05) is 19.6 Å². The van der Waals surface area contributed by atoms with Crippen LogP contribution in [0, 0.1) is 5.92 Å². The number of nitrogens with one attached hydrogen (secondary N) is 3. The molecule has 0 unspecified atom stereocenters. The molecule has 7 nitrogen and oxygen atoms in total. The summed E-state index contributed by atoms with van der Waals surface area (Å²) in [7, 11) is 0. The summed E-state index contributed by atoms with van der Waals surface area (Å²) >= 11 is 0. The van der Waals surface area contributed by atoms with E-state index in [-0.39, 0.29) is 17.9 Å². The Hall–Kier alpha value is -1.79. The number of carbonyl (C=O) groups is 3. The van der Waals surface area contributed by atoms with Gasteiger partial charge < -0.3 is 15.5 Å². The van der Waals surface area contributed by atoms with Gasteiger partial charge in [0.15, 0.2) is 0 Å². The third-order valence-electron chi connectivity index (χ3n) is 4.48. The van der Waals surface area contributed by atoms with Gasteiger partial charge in [-0.3, -0.25) is 10.1 Å². The molecule has 0 spiro atoms. The zero-order valence-corrected chi connectivity index (χ0v) is 12.7. The van der Waals surface area contributed by atoms with Crippen molar-refractivity contribution in [3.63, 3.8) is 0 Å². The zero-order chi connectivity index (χ0) is 15.5. The lowest BCUT2D eigenvalue weighted by atomic mass is 9.79. The van der Waals surface area contributed by atoms with Gasteiger partial charge in [0.25, 0.3) is 5.91 Å². The molecule has 0 aromatic carbocycles. The van der Waals surface area contributed by atoms with Crippen molar-refractivity contribution in [1.82, 2.24) is 20.9 Å². The Morgan fingerprint density at radius 3 is 2.57 bits per heavy atom. The normalized spacial score (nSPS) is 26.5. The van der Waals surface area contributed by atoms with Gasteiger partial charge in [-0.2, -0.15) is 0 Å². The number of imide groups is 1. The number of hydrogen-bond donors (Lipinski definition) is 3. The quantitative estimate of drug-likeness (QED) is 0.529. The van der Waals surface area contributed by atoms with Crippen molar-refractivity contribution in [3.8, 4) is 0 Å². The van der Waals surface area contributed by atoms with Gasteiger partial charge in [0.1, 0.15) is 5.54 Å². The minimum atomic E-state index is -0.845. The monoisotopic (exact) mass is 296 g/mol. The maximum atomic E-state index is 12.0. The molecule has 2 rings (SSSR count). The molecule has 2 saturated heterocycles. The van der Waals surface area contributed by atoms with Crippen molar-refractivity contribution < 1.29 is 14.4 Å². The van der Waals surface area contributed by atoms with E-state index < -0.39 is 11.6 Å². The molecule has 0 saturated carbocycles.